The molecule has 0 amide bonds. The van der Waals surface area contributed by atoms with E-state index in [-0.39, 0.29) is 46.8 Å². The summed E-state index contributed by atoms with van der Waals surface area (Å²) in [6.07, 6.45) is 7.96. The van der Waals surface area contributed by atoms with Crippen molar-refractivity contribution in [2.24, 2.45) is 23.2 Å². The number of epoxide rings is 1. The highest BCUT2D eigenvalue weighted by molar-refractivity contribution is 5.76. The van der Waals surface area contributed by atoms with Gasteiger partial charge in [0.1, 0.15) is 17.5 Å². The van der Waals surface area contributed by atoms with Gasteiger partial charge in [-0.05, 0) is 54.9 Å². The maximum atomic E-state index is 13.2. The van der Waals surface area contributed by atoms with Crippen LogP contribution < -0.4 is 0 Å². The van der Waals surface area contributed by atoms with Crippen LogP contribution in [0.5, 0.6) is 0 Å². The third-order valence-corrected chi connectivity index (χ3v) is 9.16. The molecule has 31 heavy (non-hydrogen) atoms. The van der Waals surface area contributed by atoms with E-state index in [2.05, 4.69) is 24.8 Å². The van der Waals surface area contributed by atoms with Gasteiger partial charge in [0.05, 0.1) is 12.0 Å². The van der Waals surface area contributed by atoms with E-state index in [1.807, 2.05) is 12.1 Å². The second-order valence-electron chi connectivity index (χ2n) is 10.8. The van der Waals surface area contributed by atoms with Gasteiger partial charge in [0.2, 0.25) is 0 Å². The Hall–Kier alpha value is -1.72. The molecule has 2 aliphatic carbocycles. The van der Waals surface area contributed by atoms with Gasteiger partial charge in [0.15, 0.2) is 0 Å². The zero-order valence-corrected chi connectivity index (χ0v) is 18.5. The van der Waals surface area contributed by atoms with E-state index in [1.54, 1.807) is 0 Å². The zero-order chi connectivity index (χ0) is 21.4. The van der Waals surface area contributed by atoms with Crippen molar-refractivity contribution in [2.45, 2.75) is 63.8 Å². The second-order valence-corrected chi connectivity index (χ2v) is 10.8. The molecule has 1 spiro atoms. The first-order valence-electron chi connectivity index (χ1n) is 12.0. The van der Waals surface area contributed by atoms with E-state index in [4.69, 9.17) is 9.47 Å². The Labute approximate surface area is 183 Å². The Morgan fingerprint density at radius 3 is 2.81 bits per heavy atom. The van der Waals surface area contributed by atoms with Crippen molar-refractivity contribution in [3.05, 3.63) is 41.7 Å². The topological polar surface area (TPSA) is 42.1 Å². The summed E-state index contributed by atoms with van der Waals surface area (Å²) in [7, 11) is 0. The second kappa shape index (κ2) is 6.89. The number of rotatable bonds is 3. The van der Waals surface area contributed by atoms with Crippen molar-refractivity contribution >= 4 is 11.5 Å². The van der Waals surface area contributed by atoms with Crippen LogP contribution in [0.25, 0.3) is 5.57 Å². The number of hydrogen-bond donors (Lipinski definition) is 0. The largest absolute Gasteiger partial charge is 0.462 e. The van der Waals surface area contributed by atoms with Crippen molar-refractivity contribution in [1.82, 2.24) is 4.90 Å². The van der Waals surface area contributed by atoms with Crippen LogP contribution in [-0.4, -0.2) is 48.3 Å². The SMILES string of the molecule is C[C@@H]1CCC[C@@]2(C)C[C@H]3OC(=O)[C@@H](CN4CC=C(c5ccc(F)cc5)CC4)[C@@H]3[C@@H]3O[C@]132. The molecule has 2 saturated heterocycles. The zero-order valence-electron chi connectivity index (χ0n) is 18.5. The minimum Gasteiger partial charge on any atom is -0.462 e. The molecule has 4 fully saturated rings. The smallest absolute Gasteiger partial charge is 0.311 e. The van der Waals surface area contributed by atoms with Crippen molar-refractivity contribution in [3.63, 3.8) is 0 Å². The number of esters is 1. The lowest BCUT2D eigenvalue weighted by Gasteiger charge is -2.49. The monoisotopic (exact) mass is 425 g/mol. The molecule has 5 aliphatic rings. The molecule has 1 aromatic rings. The number of nitrogens with zero attached hydrogens (tertiary/aromatic N) is 1. The van der Waals surface area contributed by atoms with Crippen LogP contribution in [0.15, 0.2) is 30.3 Å². The number of benzene rings is 1. The summed E-state index contributed by atoms with van der Waals surface area (Å²) in [4.78, 5) is 15.3. The third-order valence-electron chi connectivity index (χ3n) is 9.16. The molecule has 7 atom stereocenters. The van der Waals surface area contributed by atoms with Crippen LogP contribution in [0, 0.1) is 29.0 Å². The van der Waals surface area contributed by atoms with Crippen LogP contribution in [0.3, 0.4) is 0 Å². The lowest BCUT2D eigenvalue weighted by Crippen LogP contribution is -2.54. The predicted octanol–water partition coefficient (Wildman–Crippen LogP) is 4.44. The standard InChI is InChI=1S/C26H32FNO3/c1-16-4-3-11-25(2)14-21-22(23-26(16,25)31-23)20(24(29)30-21)15-28-12-9-18(10-13-28)17-5-7-19(27)8-6-17/h5-9,16,20-23H,3-4,10-15H2,1-2H3/t16-,20+,21-,22+,23+,25+,26-/m1/s1. The number of fused-ring (bicyclic) bond motifs is 2. The number of hydrogen-bond acceptors (Lipinski definition) is 4. The number of carbonyl (C=O) groups excluding carboxylic acids is 1. The fraction of sp³-hybridized carbons (Fsp3) is 0.654. The molecule has 1 aromatic carbocycles. The van der Waals surface area contributed by atoms with Gasteiger partial charge in [-0.15, -0.1) is 0 Å². The third kappa shape index (κ3) is 2.88. The molecule has 3 aliphatic heterocycles. The van der Waals surface area contributed by atoms with E-state index in [1.165, 1.54) is 37.0 Å². The molecule has 0 radical (unpaired) electrons. The van der Waals surface area contributed by atoms with E-state index in [9.17, 15) is 9.18 Å². The van der Waals surface area contributed by atoms with Gasteiger partial charge in [0.25, 0.3) is 0 Å². The Balaban J connectivity index is 1.17. The summed E-state index contributed by atoms with van der Waals surface area (Å²) in [5.41, 5.74) is 2.46. The lowest BCUT2D eigenvalue weighted by molar-refractivity contribution is -0.146. The first-order valence-corrected chi connectivity index (χ1v) is 12.0. The molecule has 2 saturated carbocycles. The van der Waals surface area contributed by atoms with Crippen molar-refractivity contribution in [2.75, 3.05) is 19.6 Å². The predicted molar refractivity (Wildman–Crippen MR) is 116 cm³/mol. The van der Waals surface area contributed by atoms with Crippen molar-refractivity contribution in [3.8, 4) is 0 Å². The Morgan fingerprint density at radius 2 is 2.06 bits per heavy atom. The van der Waals surface area contributed by atoms with Crippen LogP contribution in [0.1, 0.15) is 51.5 Å². The van der Waals surface area contributed by atoms with Gasteiger partial charge in [-0.3, -0.25) is 9.69 Å². The highest BCUT2D eigenvalue weighted by atomic mass is 19.1. The molecule has 0 aromatic heterocycles. The minimum atomic E-state index is -0.202. The summed E-state index contributed by atoms with van der Waals surface area (Å²) in [5, 5.41) is 0. The summed E-state index contributed by atoms with van der Waals surface area (Å²) < 4.78 is 25.7. The molecular formula is C26H32FNO3. The fourth-order valence-electron chi connectivity index (χ4n) is 7.52. The van der Waals surface area contributed by atoms with Gasteiger partial charge in [0, 0.05) is 31.0 Å². The Morgan fingerprint density at radius 1 is 1.26 bits per heavy atom. The first kappa shape index (κ1) is 19.9. The van der Waals surface area contributed by atoms with Crippen LogP contribution in [0.2, 0.25) is 0 Å². The summed E-state index contributed by atoms with van der Waals surface area (Å²) in [6.45, 7) is 7.19. The quantitative estimate of drug-likeness (QED) is 0.530. The molecule has 4 nitrogen and oxygen atoms in total. The molecule has 0 N–H and O–H groups in total. The van der Waals surface area contributed by atoms with E-state index < -0.39 is 0 Å². The average molecular weight is 426 g/mol. The summed E-state index contributed by atoms with van der Waals surface area (Å²) in [6, 6.07) is 6.74. The van der Waals surface area contributed by atoms with Crippen LogP contribution >= 0.6 is 0 Å². The summed E-state index contributed by atoms with van der Waals surface area (Å²) in [5.74, 6) is 0.443. The first-order chi connectivity index (χ1) is 14.9. The van der Waals surface area contributed by atoms with Crippen molar-refractivity contribution < 1.29 is 18.7 Å². The Kier molecular flexibility index (Phi) is 4.43. The molecule has 166 valence electrons. The average Bonchev–Trinajstić information content (AvgIpc) is 3.44. The fourth-order valence-corrected chi connectivity index (χ4v) is 7.52. The number of carbonyl (C=O) groups is 1. The Bertz CT molecular complexity index is 929. The lowest BCUT2D eigenvalue weighted by atomic mass is 9.53. The van der Waals surface area contributed by atoms with Crippen LogP contribution in [-0.2, 0) is 14.3 Å². The molecule has 3 heterocycles. The van der Waals surface area contributed by atoms with E-state index in [0.717, 1.165) is 38.0 Å². The normalized spacial score (nSPS) is 44.0. The van der Waals surface area contributed by atoms with E-state index >= 15 is 0 Å². The highest BCUT2D eigenvalue weighted by Crippen LogP contribution is 2.70. The molecule has 0 unspecified atom stereocenters. The maximum absolute atomic E-state index is 13.2. The van der Waals surface area contributed by atoms with Gasteiger partial charge >= 0.3 is 5.97 Å². The van der Waals surface area contributed by atoms with Gasteiger partial charge < -0.3 is 9.47 Å². The van der Waals surface area contributed by atoms with Crippen molar-refractivity contribution in [1.29, 1.82) is 0 Å². The van der Waals surface area contributed by atoms with E-state index in [0.29, 0.717) is 5.92 Å². The highest BCUT2D eigenvalue weighted by Gasteiger charge is 2.78. The minimum absolute atomic E-state index is 0.0172. The van der Waals surface area contributed by atoms with Crippen LogP contribution in [0.4, 0.5) is 4.39 Å². The van der Waals surface area contributed by atoms with Gasteiger partial charge in [-0.25, -0.2) is 4.39 Å². The molecule has 0 bridgehead atoms. The number of halogens is 1. The number of ether oxygens (including phenoxy) is 2. The summed E-state index contributed by atoms with van der Waals surface area (Å²) >= 11 is 0. The van der Waals surface area contributed by atoms with Gasteiger partial charge in [-0.1, -0.05) is 38.5 Å². The molecule has 6 rings (SSSR count). The molecular weight excluding hydrogens is 393 g/mol. The molecule has 5 heteroatoms. The van der Waals surface area contributed by atoms with Gasteiger partial charge in [-0.2, -0.15) is 0 Å². The maximum Gasteiger partial charge on any atom is 0.311 e.